The number of hydrogen-bond donors (Lipinski definition) is 0. The van der Waals surface area contributed by atoms with E-state index in [1.165, 1.54) is 30.5 Å². The molecule has 0 aliphatic carbocycles. The number of nitro groups is 1. The Morgan fingerprint density at radius 2 is 2.00 bits per heavy atom. The molecule has 16 heavy (non-hydrogen) atoms. The second-order valence-corrected chi connectivity index (χ2v) is 2.95. The van der Waals surface area contributed by atoms with Crippen LogP contribution in [0.15, 0.2) is 42.6 Å². The molecule has 5 nitrogen and oxygen atoms in total. The highest BCUT2D eigenvalue weighted by molar-refractivity contribution is 5.37. The van der Waals surface area contributed by atoms with Crippen molar-refractivity contribution in [3.8, 4) is 11.6 Å². The van der Waals surface area contributed by atoms with Crippen LogP contribution in [0.5, 0.6) is 11.6 Å². The summed E-state index contributed by atoms with van der Waals surface area (Å²) < 4.78 is 5.36. The van der Waals surface area contributed by atoms with Crippen molar-refractivity contribution in [1.29, 1.82) is 0 Å². The van der Waals surface area contributed by atoms with E-state index < -0.39 is 4.92 Å². The van der Waals surface area contributed by atoms with Gasteiger partial charge in [-0.1, -0.05) is 0 Å². The lowest BCUT2D eigenvalue weighted by Gasteiger charge is -2.02. The summed E-state index contributed by atoms with van der Waals surface area (Å²) in [6, 6.07) is 11.9. The number of benzene rings is 1. The Balaban J connectivity index is 2.14. The van der Waals surface area contributed by atoms with E-state index in [2.05, 4.69) is 11.1 Å². The fourth-order valence-corrected chi connectivity index (χ4v) is 1.12. The van der Waals surface area contributed by atoms with Gasteiger partial charge in [-0.15, -0.1) is 0 Å². The molecule has 2 rings (SSSR count). The maximum Gasteiger partial charge on any atom is 0.269 e. The fourth-order valence-electron chi connectivity index (χ4n) is 1.12. The number of non-ortho nitro benzene ring substituents is 1. The number of ether oxygens (including phenoxy) is 1. The molecule has 2 aromatic rings. The summed E-state index contributed by atoms with van der Waals surface area (Å²) in [5.74, 6) is 0.928. The fraction of sp³-hybridized carbons (Fsp3) is 0. The first-order chi connectivity index (χ1) is 7.75. The predicted molar refractivity (Wildman–Crippen MR) is 56.2 cm³/mol. The number of aromatic nitrogens is 1. The third-order valence-corrected chi connectivity index (χ3v) is 1.86. The Bertz CT molecular complexity index is 482. The molecule has 0 saturated carbocycles. The van der Waals surface area contributed by atoms with Gasteiger partial charge in [-0.2, -0.15) is 0 Å². The van der Waals surface area contributed by atoms with Gasteiger partial charge in [0, 0.05) is 30.5 Å². The summed E-state index contributed by atoms with van der Waals surface area (Å²) in [6.45, 7) is 0. The SMILES string of the molecule is O=[N+]([O-])c1ccc(Oc2cc[c]cn2)cc1. The summed E-state index contributed by atoms with van der Waals surface area (Å²) in [7, 11) is 0. The Hall–Kier alpha value is -2.43. The topological polar surface area (TPSA) is 65.3 Å². The molecular formula is C11H7N2O3. The van der Waals surface area contributed by atoms with E-state index in [0.717, 1.165) is 0 Å². The maximum atomic E-state index is 10.4. The second kappa shape index (κ2) is 4.39. The van der Waals surface area contributed by atoms with Crippen molar-refractivity contribution in [2.45, 2.75) is 0 Å². The average Bonchev–Trinajstić information content (AvgIpc) is 2.31. The minimum absolute atomic E-state index is 0.0294. The molecule has 0 bridgehead atoms. The van der Waals surface area contributed by atoms with E-state index in [4.69, 9.17) is 4.74 Å². The zero-order valence-corrected chi connectivity index (χ0v) is 8.16. The molecular weight excluding hydrogens is 208 g/mol. The summed E-state index contributed by atoms with van der Waals surface area (Å²) in [4.78, 5) is 13.9. The number of nitrogens with zero attached hydrogens (tertiary/aromatic N) is 2. The quantitative estimate of drug-likeness (QED) is 0.583. The number of pyridine rings is 1. The van der Waals surface area contributed by atoms with Crippen LogP contribution in [-0.2, 0) is 0 Å². The first-order valence-electron chi connectivity index (χ1n) is 4.50. The maximum absolute atomic E-state index is 10.4. The van der Waals surface area contributed by atoms with Crippen molar-refractivity contribution in [3.05, 3.63) is 58.8 Å². The van der Waals surface area contributed by atoms with Gasteiger partial charge in [0.1, 0.15) is 5.75 Å². The number of hydrogen-bond acceptors (Lipinski definition) is 4. The zero-order chi connectivity index (χ0) is 11.4. The Morgan fingerprint density at radius 1 is 1.25 bits per heavy atom. The van der Waals surface area contributed by atoms with Gasteiger partial charge in [0.15, 0.2) is 0 Å². The van der Waals surface area contributed by atoms with Crippen LogP contribution in [0.4, 0.5) is 5.69 Å². The summed E-state index contributed by atoms with van der Waals surface area (Å²) >= 11 is 0. The lowest BCUT2D eigenvalue weighted by atomic mass is 10.3. The van der Waals surface area contributed by atoms with Crippen molar-refractivity contribution >= 4 is 5.69 Å². The van der Waals surface area contributed by atoms with Gasteiger partial charge in [0.05, 0.1) is 4.92 Å². The molecule has 0 saturated heterocycles. The Labute approximate surface area is 91.5 Å². The number of nitro benzene ring substituents is 1. The van der Waals surface area contributed by atoms with E-state index in [1.54, 1.807) is 12.1 Å². The zero-order valence-electron chi connectivity index (χ0n) is 8.16. The van der Waals surface area contributed by atoms with Crippen molar-refractivity contribution < 1.29 is 9.66 Å². The average molecular weight is 215 g/mol. The van der Waals surface area contributed by atoms with Crippen LogP contribution >= 0.6 is 0 Å². The predicted octanol–water partition coefficient (Wildman–Crippen LogP) is 2.58. The van der Waals surface area contributed by atoms with Crippen molar-refractivity contribution in [1.82, 2.24) is 4.98 Å². The van der Waals surface area contributed by atoms with Crippen LogP contribution in [0.25, 0.3) is 0 Å². The van der Waals surface area contributed by atoms with Crippen LogP contribution in [-0.4, -0.2) is 9.91 Å². The Kier molecular flexibility index (Phi) is 2.77. The van der Waals surface area contributed by atoms with Gasteiger partial charge in [-0.3, -0.25) is 10.1 Å². The van der Waals surface area contributed by atoms with Gasteiger partial charge in [0.25, 0.3) is 5.69 Å². The normalized spacial score (nSPS) is 9.75. The molecule has 0 aliphatic rings. The minimum atomic E-state index is -0.459. The van der Waals surface area contributed by atoms with Gasteiger partial charge in [0.2, 0.25) is 5.88 Å². The van der Waals surface area contributed by atoms with Crippen LogP contribution in [0.2, 0.25) is 0 Å². The van der Waals surface area contributed by atoms with E-state index in [-0.39, 0.29) is 5.69 Å². The highest BCUT2D eigenvalue weighted by atomic mass is 16.6. The van der Waals surface area contributed by atoms with Gasteiger partial charge in [-0.25, -0.2) is 4.98 Å². The molecule has 0 N–H and O–H groups in total. The monoisotopic (exact) mass is 215 g/mol. The highest BCUT2D eigenvalue weighted by Crippen LogP contribution is 2.21. The Morgan fingerprint density at radius 3 is 2.56 bits per heavy atom. The molecule has 1 aromatic heterocycles. The number of rotatable bonds is 3. The van der Waals surface area contributed by atoms with Crippen LogP contribution in [0.1, 0.15) is 0 Å². The standard InChI is InChI=1S/C11H7N2O3/c14-13(15)9-4-6-10(7-5-9)16-11-3-1-2-8-12-11/h1,3-8H. The van der Waals surface area contributed by atoms with E-state index in [0.29, 0.717) is 11.6 Å². The lowest BCUT2D eigenvalue weighted by Crippen LogP contribution is -1.89. The smallest absolute Gasteiger partial charge is 0.269 e. The lowest BCUT2D eigenvalue weighted by molar-refractivity contribution is -0.384. The molecule has 0 aliphatic heterocycles. The van der Waals surface area contributed by atoms with Gasteiger partial charge >= 0.3 is 0 Å². The molecule has 0 fully saturated rings. The highest BCUT2D eigenvalue weighted by Gasteiger charge is 2.04. The van der Waals surface area contributed by atoms with Crippen LogP contribution < -0.4 is 4.74 Å². The third-order valence-electron chi connectivity index (χ3n) is 1.86. The third kappa shape index (κ3) is 2.33. The molecule has 1 radical (unpaired) electrons. The van der Waals surface area contributed by atoms with Crippen LogP contribution in [0, 0.1) is 16.2 Å². The molecule has 5 heteroatoms. The first kappa shape index (κ1) is 10.1. The minimum Gasteiger partial charge on any atom is -0.439 e. The van der Waals surface area contributed by atoms with Crippen molar-refractivity contribution in [2.75, 3.05) is 0 Å². The molecule has 0 amide bonds. The summed E-state index contributed by atoms with van der Waals surface area (Å²) in [6.07, 6.45) is 1.49. The van der Waals surface area contributed by atoms with E-state index in [9.17, 15) is 10.1 Å². The molecule has 1 aromatic carbocycles. The van der Waals surface area contributed by atoms with Crippen molar-refractivity contribution in [2.24, 2.45) is 0 Å². The summed E-state index contributed by atoms with van der Waals surface area (Å²) in [5.41, 5.74) is 0.0294. The summed E-state index contributed by atoms with van der Waals surface area (Å²) in [5, 5.41) is 10.4. The largest absolute Gasteiger partial charge is 0.439 e. The molecule has 0 spiro atoms. The molecule has 0 atom stereocenters. The van der Waals surface area contributed by atoms with Gasteiger partial charge < -0.3 is 4.74 Å². The first-order valence-corrected chi connectivity index (χ1v) is 4.50. The second-order valence-electron chi connectivity index (χ2n) is 2.95. The molecule has 1 heterocycles. The van der Waals surface area contributed by atoms with Gasteiger partial charge in [-0.05, 0) is 18.2 Å². The van der Waals surface area contributed by atoms with E-state index in [1.807, 2.05) is 0 Å². The van der Waals surface area contributed by atoms with Crippen LogP contribution in [0.3, 0.4) is 0 Å². The molecule has 0 unspecified atom stereocenters. The van der Waals surface area contributed by atoms with Crippen molar-refractivity contribution in [3.63, 3.8) is 0 Å². The van der Waals surface area contributed by atoms with E-state index >= 15 is 0 Å². The molecule has 79 valence electrons.